The number of aryl methyl sites for hydroxylation is 1. The molecule has 1 aromatic heterocycles. The molecule has 0 aromatic carbocycles. The third-order valence-electron chi connectivity index (χ3n) is 2.97. The fourth-order valence-electron chi connectivity index (χ4n) is 1.75. The molecule has 18 heavy (non-hydrogen) atoms. The van der Waals surface area contributed by atoms with Crippen LogP contribution in [0.1, 0.15) is 12.8 Å². The predicted octanol–water partition coefficient (Wildman–Crippen LogP) is -1.25. The number of hydrogen-bond acceptors (Lipinski definition) is 5. The van der Waals surface area contributed by atoms with E-state index >= 15 is 0 Å². The number of anilines is 1. The van der Waals surface area contributed by atoms with Crippen molar-refractivity contribution < 1.29 is 9.90 Å². The Labute approximate surface area is 102 Å². The maximum absolute atomic E-state index is 11.8. The first-order chi connectivity index (χ1) is 8.41. The second kappa shape index (κ2) is 4.28. The average Bonchev–Trinajstić information content (AvgIpc) is 3.13. The van der Waals surface area contributed by atoms with E-state index in [9.17, 15) is 14.4 Å². The Hall–Kier alpha value is -2.12. The second-order valence-corrected chi connectivity index (χ2v) is 4.42. The van der Waals surface area contributed by atoms with Gasteiger partial charge in [-0.2, -0.15) is 0 Å². The summed E-state index contributed by atoms with van der Waals surface area (Å²) in [5.41, 5.74) is -1.17. The molecule has 1 aromatic rings. The average molecular weight is 254 g/mol. The Morgan fingerprint density at radius 1 is 1.44 bits per heavy atom. The van der Waals surface area contributed by atoms with Gasteiger partial charge in [-0.15, -0.1) is 5.10 Å². The van der Waals surface area contributed by atoms with E-state index in [2.05, 4.69) is 10.4 Å². The molecule has 98 valence electrons. The largest absolute Gasteiger partial charge is 0.480 e. The first kappa shape index (κ1) is 12.3. The van der Waals surface area contributed by atoms with Crippen LogP contribution in [0.3, 0.4) is 0 Å². The zero-order valence-electron chi connectivity index (χ0n) is 10.1. The zero-order valence-corrected chi connectivity index (χ0v) is 10.1. The summed E-state index contributed by atoms with van der Waals surface area (Å²) >= 11 is 0. The number of nitrogens with one attached hydrogen (secondary N) is 1. The lowest BCUT2D eigenvalue weighted by atomic mass is 10.2. The molecule has 1 saturated carbocycles. The number of hydrogen-bond donors (Lipinski definition) is 2. The highest BCUT2D eigenvalue weighted by molar-refractivity contribution is 5.77. The van der Waals surface area contributed by atoms with Crippen molar-refractivity contribution in [3.63, 3.8) is 0 Å². The number of rotatable bonds is 4. The van der Waals surface area contributed by atoms with Gasteiger partial charge in [-0.1, -0.05) is 0 Å². The second-order valence-electron chi connectivity index (χ2n) is 4.42. The van der Waals surface area contributed by atoms with Crippen molar-refractivity contribution in [3.8, 4) is 0 Å². The van der Waals surface area contributed by atoms with Crippen molar-refractivity contribution in [2.24, 2.45) is 20.0 Å². The summed E-state index contributed by atoms with van der Waals surface area (Å²) in [7, 11) is 2.73. The summed E-state index contributed by atoms with van der Waals surface area (Å²) in [6, 6.07) is -0.831. The van der Waals surface area contributed by atoms with Gasteiger partial charge >= 0.3 is 11.7 Å². The summed E-state index contributed by atoms with van der Waals surface area (Å²) in [6.45, 7) is 0. The molecule has 8 nitrogen and oxygen atoms in total. The van der Waals surface area contributed by atoms with Crippen molar-refractivity contribution >= 4 is 11.8 Å². The molecule has 2 N–H and O–H groups in total. The van der Waals surface area contributed by atoms with E-state index in [4.69, 9.17) is 5.11 Å². The maximum atomic E-state index is 11.8. The van der Waals surface area contributed by atoms with E-state index in [1.807, 2.05) is 0 Å². The molecular formula is C10H14N4O4. The van der Waals surface area contributed by atoms with Crippen LogP contribution in [0.2, 0.25) is 0 Å². The normalized spacial score (nSPS) is 16.3. The van der Waals surface area contributed by atoms with Crippen LogP contribution < -0.4 is 16.6 Å². The summed E-state index contributed by atoms with van der Waals surface area (Å²) in [5, 5.41) is 15.4. The van der Waals surface area contributed by atoms with Crippen molar-refractivity contribution in [2.45, 2.75) is 18.9 Å². The smallest absolute Gasteiger partial charge is 0.346 e. The van der Waals surface area contributed by atoms with Gasteiger partial charge in [-0.3, -0.25) is 9.36 Å². The van der Waals surface area contributed by atoms with Gasteiger partial charge in [0.25, 0.3) is 5.56 Å². The number of carboxylic acid groups (broad SMARTS) is 1. The highest BCUT2D eigenvalue weighted by Crippen LogP contribution is 2.33. The van der Waals surface area contributed by atoms with Crippen LogP contribution >= 0.6 is 0 Å². The lowest BCUT2D eigenvalue weighted by Gasteiger charge is -2.14. The zero-order chi connectivity index (χ0) is 13.4. The van der Waals surface area contributed by atoms with E-state index in [-0.39, 0.29) is 11.7 Å². The lowest BCUT2D eigenvalue weighted by molar-refractivity contribution is -0.138. The first-order valence-electron chi connectivity index (χ1n) is 5.55. The Bertz CT molecular complexity index is 599. The van der Waals surface area contributed by atoms with Crippen molar-refractivity contribution in [1.29, 1.82) is 0 Å². The molecule has 0 amide bonds. The Kier molecular flexibility index (Phi) is 2.93. The van der Waals surface area contributed by atoms with Crippen LogP contribution in [0.4, 0.5) is 5.82 Å². The van der Waals surface area contributed by atoms with Crippen molar-refractivity contribution in [1.82, 2.24) is 14.3 Å². The SMILES string of the molecule is Cn1nc(NC(C(=O)O)C2CC2)c(=O)n(C)c1=O. The lowest BCUT2D eigenvalue weighted by Crippen LogP contribution is -2.42. The number of aromatic nitrogens is 3. The molecule has 0 radical (unpaired) electrons. The third kappa shape index (κ3) is 2.13. The molecule has 1 aliphatic carbocycles. The Balaban J connectivity index is 2.37. The number of nitrogens with zero attached hydrogens (tertiary/aromatic N) is 3. The highest BCUT2D eigenvalue weighted by Gasteiger charge is 2.37. The molecule has 0 saturated heterocycles. The molecule has 0 bridgehead atoms. The Morgan fingerprint density at radius 2 is 2.06 bits per heavy atom. The molecule has 2 rings (SSSR count). The quantitative estimate of drug-likeness (QED) is 0.695. The van der Waals surface area contributed by atoms with Gasteiger partial charge < -0.3 is 10.4 Å². The molecule has 1 unspecified atom stereocenters. The van der Waals surface area contributed by atoms with E-state index in [0.717, 1.165) is 22.1 Å². The van der Waals surface area contributed by atoms with Crippen LogP contribution in [0.5, 0.6) is 0 Å². The molecule has 1 fully saturated rings. The number of carbonyl (C=O) groups is 1. The summed E-state index contributed by atoms with van der Waals surface area (Å²) in [5.74, 6) is -1.11. The van der Waals surface area contributed by atoms with Gasteiger partial charge in [-0.25, -0.2) is 14.3 Å². The standard InChI is InChI=1S/C10H14N4O4/c1-13-8(15)7(12-14(2)10(13)18)11-6(9(16)17)5-3-4-5/h5-6H,3-4H2,1-2H3,(H,11,12)(H,16,17). The third-order valence-corrected chi connectivity index (χ3v) is 2.97. The van der Waals surface area contributed by atoms with Crippen molar-refractivity contribution in [3.05, 3.63) is 20.8 Å². The summed E-state index contributed by atoms with van der Waals surface area (Å²) < 4.78 is 1.89. The highest BCUT2D eigenvalue weighted by atomic mass is 16.4. The number of aliphatic carboxylic acids is 1. The maximum Gasteiger partial charge on any atom is 0.346 e. The molecule has 8 heteroatoms. The van der Waals surface area contributed by atoms with Gasteiger partial charge in [0.15, 0.2) is 0 Å². The van der Waals surface area contributed by atoms with Gasteiger partial charge in [0, 0.05) is 14.1 Å². The molecule has 1 heterocycles. The minimum Gasteiger partial charge on any atom is -0.480 e. The van der Waals surface area contributed by atoms with Crippen LogP contribution in [0, 0.1) is 5.92 Å². The van der Waals surface area contributed by atoms with Crippen LogP contribution in [-0.4, -0.2) is 31.5 Å². The van der Waals surface area contributed by atoms with Gasteiger partial charge in [0.1, 0.15) is 6.04 Å². The monoisotopic (exact) mass is 254 g/mol. The van der Waals surface area contributed by atoms with Gasteiger partial charge in [-0.05, 0) is 18.8 Å². The molecule has 1 aliphatic rings. The van der Waals surface area contributed by atoms with Crippen LogP contribution in [-0.2, 0) is 18.9 Å². The minimum absolute atomic E-state index is 0.0197. The van der Waals surface area contributed by atoms with Crippen LogP contribution in [0.25, 0.3) is 0 Å². The summed E-state index contributed by atoms with van der Waals surface area (Å²) in [4.78, 5) is 34.3. The van der Waals surface area contributed by atoms with E-state index in [1.54, 1.807) is 0 Å². The Morgan fingerprint density at radius 3 is 2.56 bits per heavy atom. The topological polar surface area (TPSA) is 106 Å². The summed E-state index contributed by atoms with van der Waals surface area (Å²) in [6.07, 6.45) is 1.63. The molecule has 1 atom stereocenters. The van der Waals surface area contributed by atoms with Gasteiger partial charge in [0.2, 0.25) is 5.82 Å². The molecule has 0 spiro atoms. The fourth-order valence-corrected chi connectivity index (χ4v) is 1.75. The van der Waals surface area contributed by atoms with Crippen LogP contribution in [0.15, 0.2) is 9.59 Å². The molecular weight excluding hydrogens is 240 g/mol. The van der Waals surface area contributed by atoms with Crippen molar-refractivity contribution in [2.75, 3.05) is 5.32 Å². The molecule has 0 aliphatic heterocycles. The number of carboxylic acids is 1. The first-order valence-corrected chi connectivity index (χ1v) is 5.55. The predicted molar refractivity (Wildman–Crippen MR) is 62.5 cm³/mol. The fraction of sp³-hybridized carbons (Fsp3) is 0.600. The minimum atomic E-state index is -1.02. The van der Waals surface area contributed by atoms with E-state index < -0.39 is 23.3 Å². The van der Waals surface area contributed by atoms with E-state index in [1.165, 1.54) is 14.1 Å². The van der Waals surface area contributed by atoms with E-state index in [0.29, 0.717) is 0 Å². The van der Waals surface area contributed by atoms with Gasteiger partial charge in [0.05, 0.1) is 0 Å².